The molecule has 2 aromatic rings. The van der Waals surface area contributed by atoms with Gasteiger partial charge in [0.25, 0.3) is 0 Å². The molecule has 1 aromatic carbocycles. The third-order valence-electron chi connectivity index (χ3n) is 4.49. The maximum Gasteiger partial charge on any atom is 0.192 e. The molecular weight excluding hydrogens is 286 g/mol. The Labute approximate surface area is 127 Å². The second-order valence-corrected chi connectivity index (χ2v) is 12.2. The fourth-order valence-corrected chi connectivity index (χ4v) is 3.08. The second kappa shape index (κ2) is 5.21. The van der Waals surface area contributed by atoms with Gasteiger partial charge in [-0.25, -0.2) is 0 Å². The Kier molecular flexibility index (Phi) is 4.07. The Morgan fingerprint density at radius 3 is 2.45 bits per heavy atom. The molecule has 20 heavy (non-hydrogen) atoms. The number of nitrogens with zero attached hydrogens (tertiary/aromatic N) is 1. The molecule has 0 saturated carbocycles. The number of fused-ring (bicyclic) bond motifs is 1. The van der Waals surface area contributed by atoms with E-state index in [1.165, 1.54) is 11.1 Å². The van der Waals surface area contributed by atoms with Gasteiger partial charge in [0, 0.05) is 28.7 Å². The number of hydrogen-bond acceptors (Lipinski definition) is 1. The Morgan fingerprint density at radius 1 is 1.20 bits per heavy atom. The molecule has 0 aliphatic carbocycles. The summed E-state index contributed by atoms with van der Waals surface area (Å²) in [6.07, 6.45) is 0. The molecule has 0 radical (unpaired) electrons. The quantitative estimate of drug-likeness (QED) is 0.697. The van der Waals surface area contributed by atoms with E-state index in [0.717, 1.165) is 10.5 Å². The van der Waals surface area contributed by atoms with Crippen LogP contribution in [0.5, 0.6) is 0 Å². The van der Waals surface area contributed by atoms with Gasteiger partial charge < -0.3 is 8.99 Å². The third kappa shape index (κ3) is 2.95. The van der Waals surface area contributed by atoms with Gasteiger partial charge in [0.1, 0.15) is 0 Å². The molecule has 0 unspecified atom stereocenters. The van der Waals surface area contributed by atoms with E-state index < -0.39 is 8.32 Å². The first kappa shape index (κ1) is 15.6. The molecule has 0 aliphatic heterocycles. The van der Waals surface area contributed by atoms with E-state index in [0.29, 0.717) is 6.61 Å². The molecular formula is C16H24ClNOSi. The van der Waals surface area contributed by atoms with Crippen LogP contribution in [-0.4, -0.2) is 12.9 Å². The van der Waals surface area contributed by atoms with Crippen LogP contribution in [0.3, 0.4) is 0 Å². The maximum absolute atomic E-state index is 6.31. The molecule has 0 bridgehead atoms. The maximum atomic E-state index is 6.31. The fraction of sp³-hybridized carbons (Fsp3) is 0.500. The minimum absolute atomic E-state index is 0.237. The molecule has 4 heteroatoms. The smallest absolute Gasteiger partial charge is 0.192 e. The Morgan fingerprint density at radius 2 is 1.85 bits per heavy atom. The molecule has 0 atom stereocenters. The molecule has 0 aliphatic rings. The van der Waals surface area contributed by atoms with Crippen LogP contribution in [0.15, 0.2) is 24.3 Å². The van der Waals surface area contributed by atoms with E-state index in [-0.39, 0.29) is 5.04 Å². The van der Waals surface area contributed by atoms with Crippen molar-refractivity contribution in [2.24, 2.45) is 7.05 Å². The van der Waals surface area contributed by atoms with Gasteiger partial charge >= 0.3 is 0 Å². The summed E-state index contributed by atoms with van der Waals surface area (Å²) >= 11 is 6.07. The lowest BCUT2D eigenvalue weighted by atomic mass is 10.2. The summed E-state index contributed by atoms with van der Waals surface area (Å²) in [6.45, 7) is 12.0. The predicted molar refractivity (Wildman–Crippen MR) is 89.9 cm³/mol. The first-order chi connectivity index (χ1) is 9.12. The van der Waals surface area contributed by atoms with Crippen molar-refractivity contribution >= 4 is 30.8 Å². The number of halogens is 1. The zero-order valence-electron chi connectivity index (χ0n) is 13.2. The van der Waals surface area contributed by atoms with Gasteiger partial charge in [-0.1, -0.05) is 38.4 Å². The van der Waals surface area contributed by atoms with Crippen molar-refractivity contribution in [3.63, 3.8) is 0 Å². The highest BCUT2D eigenvalue weighted by Crippen LogP contribution is 2.37. The minimum Gasteiger partial charge on any atom is -0.411 e. The van der Waals surface area contributed by atoms with Crippen molar-refractivity contribution < 1.29 is 4.43 Å². The van der Waals surface area contributed by atoms with Gasteiger partial charge in [0.05, 0.1) is 6.61 Å². The molecule has 0 fully saturated rings. The third-order valence-corrected chi connectivity index (χ3v) is 9.21. The van der Waals surface area contributed by atoms with Crippen LogP contribution >= 0.6 is 11.6 Å². The summed E-state index contributed by atoms with van der Waals surface area (Å²) in [5.74, 6) is 0. The number of benzene rings is 1. The van der Waals surface area contributed by atoms with E-state index in [1.54, 1.807) is 0 Å². The van der Waals surface area contributed by atoms with E-state index >= 15 is 0 Å². The van der Waals surface area contributed by atoms with Crippen molar-refractivity contribution in [1.82, 2.24) is 4.57 Å². The van der Waals surface area contributed by atoms with Crippen molar-refractivity contribution in [1.29, 1.82) is 0 Å². The summed E-state index contributed by atoms with van der Waals surface area (Å²) in [7, 11) is 0.363. The molecule has 0 spiro atoms. The Hall–Kier alpha value is -0.773. The fourth-order valence-electron chi connectivity index (χ4n) is 1.97. The Balaban J connectivity index is 2.25. The number of aryl methyl sites for hydroxylation is 1. The van der Waals surface area contributed by atoms with E-state index in [2.05, 4.69) is 57.6 Å². The second-order valence-electron chi connectivity index (χ2n) is 6.95. The first-order valence-corrected chi connectivity index (χ1v) is 10.3. The molecule has 1 heterocycles. The average molecular weight is 310 g/mol. The van der Waals surface area contributed by atoms with Crippen molar-refractivity contribution in [3.8, 4) is 0 Å². The van der Waals surface area contributed by atoms with Crippen LogP contribution < -0.4 is 0 Å². The summed E-state index contributed by atoms with van der Waals surface area (Å²) in [5.41, 5.74) is 2.36. The van der Waals surface area contributed by atoms with Gasteiger partial charge in [0.2, 0.25) is 0 Å². The molecule has 2 nitrogen and oxygen atoms in total. The summed E-state index contributed by atoms with van der Waals surface area (Å²) in [6, 6.07) is 8.20. The SMILES string of the molecule is Cn1c(CO[Si](C)(C)C(C)(C)C)cc2ccc(Cl)cc21. The van der Waals surface area contributed by atoms with E-state index in [1.807, 2.05) is 12.1 Å². The van der Waals surface area contributed by atoms with Crippen molar-refractivity contribution in [2.75, 3.05) is 0 Å². The zero-order valence-corrected chi connectivity index (χ0v) is 15.0. The highest BCUT2D eigenvalue weighted by atomic mass is 35.5. The number of aromatic nitrogens is 1. The average Bonchev–Trinajstić information content (AvgIpc) is 2.63. The standard InChI is InChI=1S/C16H24ClNOSi/c1-16(2,3)20(5,6)19-11-14-9-12-7-8-13(17)10-15(12)18(14)4/h7-10H,11H2,1-6H3. The van der Waals surface area contributed by atoms with Crippen molar-refractivity contribution in [3.05, 3.63) is 35.0 Å². The normalized spacial score (nSPS) is 13.2. The van der Waals surface area contributed by atoms with Gasteiger partial charge in [-0.15, -0.1) is 0 Å². The Bertz CT molecular complexity index is 625. The molecule has 110 valence electrons. The topological polar surface area (TPSA) is 14.2 Å². The van der Waals surface area contributed by atoms with Crippen LogP contribution in [0.4, 0.5) is 0 Å². The first-order valence-electron chi connectivity index (χ1n) is 7.00. The van der Waals surface area contributed by atoms with Crippen LogP contribution in [0.2, 0.25) is 23.2 Å². The largest absolute Gasteiger partial charge is 0.411 e. The monoisotopic (exact) mass is 309 g/mol. The molecule has 0 saturated heterocycles. The molecule has 0 N–H and O–H groups in total. The highest BCUT2D eigenvalue weighted by molar-refractivity contribution is 6.74. The lowest BCUT2D eigenvalue weighted by Gasteiger charge is -2.36. The molecule has 0 amide bonds. The van der Waals surface area contributed by atoms with E-state index in [9.17, 15) is 0 Å². The lowest BCUT2D eigenvalue weighted by Crippen LogP contribution is -2.40. The van der Waals surface area contributed by atoms with Gasteiger partial charge in [0.15, 0.2) is 8.32 Å². The lowest BCUT2D eigenvalue weighted by molar-refractivity contribution is 0.269. The van der Waals surface area contributed by atoms with Gasteiger partial charge in [-0.3, -0.25) is 0 Å². The van der Waals surface area contributed by atoms with Crippen LogP contribution in [0.1, 0.15) is 26.5 Å². The highest BCUT2D eigenvalue weighted by Gasteiger charge is 2.37. The van der Waals surface area contributed by atoms with Gasteiger partial charge in [-0.05, 0) is 36.3 Å². The zero-order chi connectivity index (χ0) is 15.1. The van der Waals surface area contributed by atoms with Crippen LogP contribution in [0.25, 0.3) is 10.9 Å². The molecule has 1 aromatic heterocycles. The summed E-state index contributed by atoms with van der Waals surface area (Å²) in [5, 5.41) is 2.22. The number of hydrogen-bond donors (Lipinski definition) is 0. The minimum atomic E-state index is -1.71. The van der Waals surface area contributed by atoms with Gasteiger partial charge in [-0.2, -0.15) is 0 Å². The van der Waals surface area contributed by atoms with Crippen LogP contribution in [0, 0.1) is 0 Å². The predicted octanol–water partition coefficient (Wildman–Crippen LogP) is 5.35. The van der Waals surface area contributed by atoms with Crippen LogP contribution in [-0.2, 0) is 18.1 Å². The summed E-state index contributed by atoms with van der Waals surface area (Å²) in [4.78, 5) is 0. The molecule has 2 rings (SSSR count). The van der Waals surface area contributed by atoms with Crippen molar-refractivity contribution in [2.45, 2.75) is 45.5 Å². The van der Waals surface area contributed by atoms with E-state index in [4.69, 9.17) is 16.0 Å². The number of rotatable bonds is 3. The summed E-state index contributed by atoms with van der Waals surface area (Å²) < 4.78 is 8.48.